The zero-order valence-corrected chi connectivity index (χ0v) is 9.62. The van der Waals surface area contributed by atoms with Crippen LogP contribution in [0.5, 0.6) is 0 Å². The van der Waals surface area contributed by atoms with Gasteiger partial charge >= 0.3 is 0 Å². The van der Waals surface area contributed by atoms with Crippen LogP contribution in [0, 0.1) is 5.41 Å². The third kappa shape index (κ3) is 3.36. The Balaban J connectivity index is 2.78. The highest BCUT2D eigenvalue weighted by atomic mass is 15.1. The van der Waals surface area contributed by atoms with Crippen LogP contribution in [-0.2, 0) is 6.54 Å². The first-order valence-electron chi connectivity index (χ1n) is 5.14. The van der Waals surface area contributed by atoms with Crippen LogP contribution in [0.4, 0.5) is 0 Å². The summed E-state index contributed by atoms with van der Waals surface area (Å²) in [4.78, 5) is 2.25. The molecule has 1 aromatic rings. The molecular formula is C12H19N3. The van der Waals surface area contributed by atoms with Crippen molar-refractivity contribution >= 4 is 5.84 Å². The number of nitrogens with one attached hydrogen (secondary N) is 1. The largest absolute Gasteiger partial charge is 0.384 e. The number of rotatable bonds is 4. The summed E-state index contributed by atoms with van der Waals surface area (Å²) in [6.07, 6.45) is 0. The minimum absolute atomic E-state index is 0.129. The quantitative estimate of drug-likeness (QED) is 0.582. The Kier molecular flexibility index (Phi) is 3.86. The van der Waals surface area contributed by atoms with Gasteiger partial charge in [-0.1, -0.05) is 18.2 Å². The van der Waals surface area contributed by atoms with Crippen molar-refractivity contribution in [2.45, 2.75) is 26.4 Å². The minimum Gasteiger partial charge on any atom is -0.384 e. The Morgan fingerprint density at radius 1 is 1.47 bits per heavy atom. The molecule has 0 radical (unpaired) electrons. The summed E-state index contributed by atoms with van der Waals surface area (Å²) in [5, 5.41) is 7.36. The number of nitrogen functional groups attached to an aromatic ring is 1. The SMILES string of the molecule is CC(C)N(C)Cc1cccc(C(=N)N)c1. The second-order valence-corrected chi connectivity index (χ2v) is 4.12. The molecule has 0 aliphatic carbocycles. The fraction of sp³-hybridized carbons (Fsp3) is 0.417. The lowest BCUT2D eigenvalue weighted by Crippen LogP contribution is -2.25. The van der Waals surface area contributed by atoms with E-state index in [0.717, 1.165) is 12.1 Å². The number of hydrogen-bond donors (Lipinski definition) is 2. The molecule has 0 bridgehead atoms. The standard InChI is InChI=1S/C12H19N3/c1-9(2)15(3)8-10-5-4-6-11(7-10)12(13)14/h4-7,9H,8H2,1-3H3,(H3,13,14). The van der Waals surface area contributed by atoms with Gasteiger partial charge in [0.25, 0.3) is 0 Å². The number of amidine groups is 1. The topological polar surface area (TPSA) is 53.1 Å². The second-order valence-electron chi connectivity index (χ2n) is 4.12. The van der Waals surface area contributed by atoms with Crippen LogP contribution in [0.2, 0.25) is 0 Å². The average molecular weight is 205 g/mol. The van der Waals surface area contributed by atoms with E-state index < -0.39 is 0 Å². The third-order valence-corrected chi connectivity index (χ3v) is 2.55. The van der Waals surface area contributed by atoms with Crippen molar-refractivity contribution in [3.63, 3.8) is 0 Å². The number of nitrogens with two attached hydrogens (primary N) is 1. The van der Waals surface area contributed by atoms with Crippen LogP contribution < -0.4 is 5.73 Å². The number of hydrogen-bond acceptors (Lipinski definition) is 2. The van der Waals surface area contributed by atoms with Crippen LogP contribution in [0.25, 0.3) is 0 Å². The van der Waals surface area contributed by atoms with Gasteiger partial charge in [0.05, 0.1) is 0 Å². The van der Waals surface area contributed by atoms with Crippen molar-refractivity contribution in [2.24, 2.45) is 5.73 Å². The molecule has 0 fully saturated rings. The van der Waals surface area contributed by atoms with Crippen molar-refractivity contribution in [2.75, 3.05) is 7.05 Å². The smallest absolute Gasteiger partial charge is 0.122 e. The lowest BCUT2D eigenvalue weighted by atomic mass is 10.1. The van der Waals surface area contributed by atoms with Crippen molar-refractivity contribution in [1.29, 1.82) is 5.41 Å². The van der Waals surface area contributed by atoms with Gasteiger partial charge in [0.15, 0.2) is 0 Å². The molecule has 0 saturated carbocycles. The first kappa shape index (κ1) is 11.7. The summed E-state index contributed by atoms with van der Waals surface area (Å²) in [7, 11) is 2.09. The fourth-order valence-corrected chi connectivity index (χ4v) is 1.31. The van der Waals surface area contributed by atoms with E-state index in [2.05, 4.69) is 31.9 Å². The Morgan fingerprint density at radius 2 is 2.13 bits per heavy atom. The second kappa shape index (κ2) is 4.94. The number of nitrogens with zero attached hydrogens (tertiary/aromatic N) is 1. The van der Waals surface area contributed by atoms with Crippen molar-refractivity contribution < 1.29 is 0 Å². The van der Waals surface area contributed by atoms with Gasteiger partial charge in [-0.15, -0.1) is 0 Å². The lowest BCUT2D eigenvalue weighted by Gasteiger charge is -2.21. The van der Waals surface area contributed by atoms with Gasteiger partial charge in [-0.2, -0.15) is 0 Å². The predicted molar refractivity (Wildman–Crippen MR) is 64.1 cm³/mol. The first-order chi connectivity index (χ1) is 7.00. The molecule has 1 aromatic carbocycles. The van der Waals surface area contributed by atoms with Gasteiger partial charge in [0.2, 0.25) is 0 Å². The molecule has 0 heterocycles. The van der Waals surface area contributed by atoms with E-state index in [1.165, 1.54) is 5.56 Å². The fourth-order valence-electron chi connectivity index (χ4n) is 1.31. The molecule has 1 rings (SSSR count). The Labute approximate surface area is 91.4 Å². The summed E-state index contributed by atoms with van der Waals surface area (Å²) in [5.74, 6) is 0.129. The number of benzene rings is 1. The van der Waals surface area contributed by atoms with Gasteiger partial charge in [0, 0.05) is 18.2 Å². The molecule has 0 aliphatic heterocycles. The van der Waals surface area contributed by atoms with E-state index in [1.54, 1.807) is 0 Å². The van der Waals surface area contributed by atoms with Crippen LogP contribution in [0.3, 0.4) is 0 Å². The molecule has 82 valence electrons. The third-order valence-electron chi connectivity index (χ3n) is 2.55. The van der Waals surface area contributed by atoms with Gasteiger partial charge in [-0.3, -0.25) is 10.3 Å². The molecule has 0 unspecified atom stereocenters. The molecule has 0 spiro atoms. The molecule has 0 aliphatic rings. The highest BCUT2D eigenvalue weighted by molar-refractivity contribution is 5.95. The van der Waals surface area contributed by atoms with E-state index in [1.807, 2.05) is 18.2 Å². The van der Waals surface area contributed by atoms with Crippen LogP contribution in [-0.4, -0.2) is 23.8 Å². The van der Waals surface area contributed by atoms with E-state index in [4.69, 9.17) is 11.1 Å². The summed E-state index contributed by atoms with van der Waals surface area (Å²) >= 11 is 0. The molecule has 0 amide bonds. The molecule has 3 nitrogen and oxygen atoms in total. The van der Waals surface area contributed by atoms with E-state index in [9.17, 15) is 0 Å². The monoisotopic (exact) mass is 205 g/mol. The highest BCUT2D eigenvalue weighted by Crippen LogP contribution is 2.08. The molecule has 0 atom stereocenters. The Bertz CT molecular complexity index is 344. The van der Waals surface area contributed by atoms with Gasteiger partial charge < -0.3 is 5.73 Å². The molecular weight excluding hydrogens is 186 g/mol. The lowest BCUT2D eigenvalue weighted by molar-refractivity contribution is 0.266. The molecule has 3 heteroatoms. The molecule has 0 saturated heterocycles. The van der Waals surface area contributed by atoms with Crippen LogP contribution in [0.1, 0.15) is 25.0 Å². The van der Waals surface area contributed by atoms with Gasteiger partial charge in [0.1, 0.15) is 5.84 Å². The van der Waals surface area contributed by atoms with E-state index in [-0.39, 0.29) is 5.84 Å². The van der Waals surface area contributed by atoms with E-state index in [0.29, 0.717) is 6.04 Å². The normalized spacial score (nSPS) is 11.0. The molecule has 3 N–H and O–H groups in total. The minimum atomic E-state index is 0.129. The van der Waals surface area contributed by atoms with Crippen molar-refractivity contribution in [3.05, 3.63) is 35.4 Å². The van der Waals surface area contributed by atoms with Crippen molar-refractivity contribution in [1.82, 2.24) is 4.90 Å². The Morgan fingerprint density at radius 3 is 2.67 bits per heavy atom. The average Bonchev–Trinajstić information content (AvgIpc) is 2.18. The maximum absolute atomic E-state index is 7.36. The summed E-state index contributed by atoms with van der Waals surface area (Å²) in [5.41, 5.74) is 7.43. The zero-order valence-electron chi connectivity index (χ0n) is 9.62. The summed E-state index contributed by atoms with van der Waals surface area (Å²) in [6, 6.07) is 8.36. The predicted octanol–water partition coefficient (Wildman–Crippen LogP) is 1.81. The maximum Gasteiger partial charge on any atom is 0.122 e. The van der Waals surface area contributed by atoms with Gasteiger partial charge in [-0.25, -0.2) is 0 Å². The van der Waals surface area contributed by atoms with Crippen LogP contribution in [0.15, 0.2) is 24.3 Å². The molecule has 15 heavy (non-hydrogen) atoms. The van der Waals surface area contributed by atoms with Crippen molar-refractivity contribution in [3.8, 4) is 0 Å². The zero-order chi connectivity index (χ0) is 11.4. The van der Waals surface area contributed by atoms with Gasteiger partial charge in [-0.05, 0) is 32.5 Å². The summed E-state index contributed by atoms with van der Waals surface area (Å²) < 4.78 is 0. The van der Waals surface area contributed by atoms with Crippen LogP contribution >= 0.6 is 0 Å². The maximum atomic E-state index is 7.36. The summed E-state index contributed by atoms with van der Waals surface area (Å²) in [6.45, 7) is 5.21. The first-order valence-corrected chi connectivity index (χ1v) is 5.14. The Hall–Kier alpha value is -1.35. The van der Waals surface area contributed by atoms with E-state index >= 15 is 0 Å². The highest BCUT2D eigenvalue weighted by Gasteiger charge is 2.05. The molecule has 0 aromatic heterocycles.